The van der Waals surface area contributed by atoms with E-state index < -0.39 is 0 Å². The summed E-state index contributed by atoms with van der Waals surface area (Å²) in [6.07, 6.45) is 2.77. The third-order valence-electron chi connectivity index (χ3n) is 3.44. The smallest absolute Gasteiger partial charge is 0.155 e. The Balaban J connectivity index is 0.000000395. The fourth-order valence-electron chi connectivity index (χ4n) is 2.34. The summed E-state index contributed by atoms with van der Waals surface area (Å²) in [6, 6.07) is 20.1. The van der Waals surface area contributed by atoms with E-state index in [9.17, 15) is 4.79 Å². The van der Waals surface area contributed by atoms with Crippen molar-refractivity contribution in [2.24, 2.45) is 0 Å². The molecular formula is C22H21IrN2O2-. The van der Waals surface area contributed by atoms with Crippen molar-refractivity contribution in [1.29, 1.82) is 0 Å². The standard InChI is InChI=1S/C17H13N2.C5H8O2.Ir/c1-13-7-5-6-10-15(13)17-11-16(18-12-19-17)14-8-3-2-4-9-14;1-4(6)3-5(2)7;/h2-12H,1H2;3,6H,1-2H3;/q-1;;/b;4-3-;. The molecule has 0 aliphatic rings. The molecule has 5 heteroatoms. The molecule has 0 aliphatic carbocycles. The zero-order chi connectivity index (χ0) is 18.9. The van der Waals surface area contributed by atoms with Gasteiger partial charge in [-0.3, -0.25) is 4.79 Å². The van der Waals surface area contributed by atoms with Crippen LogP contribution in [-0.4, -0.2) is 20.9 Å². The predicted molar refractivity (Wildman–Crippen MR) is 104 cm³/mol. The van der Waals surface area contributed by atoms with E-state index in [2.05, 4.69) is 16.9 Å². The number of benzene rings is 2. The second-order valence-electron chi connectivity index (χ2n) is 5.71. The first-order valence-electron chi connectivity index (χ1n) is 8.14. The number of aliphatic hydroxyl groups is 1. The monoisotopic (exact) mass is 538 g/mol. The number of aliphatic hydroxyl groups excluding tert-OH is 1. The molecule has 1 radical (unpaired) electrons. The van der Waals surface area contributed by atoms with Crippen molar-refractivity contribution in [1.82, 2.24) is 9.97 Å². The van der Waals surface area contributed by atoms with Crippen LogP contribution >= 0.6 is 0 Å². The quantitative estimate of drug-likeness (QED) is 0.289. The van der Waals surface area contributed by atoms with Gasteiger partial charge < -0.3 is 5.11 Å². The second-order valence-corrected chi connectivity index (χ2v) is 5.71. The van der Waals surface area contributed by atoms with Crippen LogP contribution in [0.3, 0.4) is 0 Å². The molecule has 1 N–H and O–H groups in total. The molecule has 0 amide bonds. The van der Waals surface area contributed by atoms with E-state index in [1.54, 1.807) is 6.33 Å². The average molecular weight is 538 g/mol. The van der Waals surface area contributed by atoms with E-state index in [0.29, 0.717) is 0 Å². The minimum Gasteiger partial charge on any atom is -0.512 e. The number of carbonyl (C=O) groups excluding carboxylic acids is 1. The van der Waals surface area contributed by atoms with Gasteiger partial charge >= 0.3 is 0 Å². The summed E-state index contributed by atoms with van der Waals surface area (Å²) in [5, 5.41) is 8.36. The molecule has 0 aliphatic heterocycles. The van der Waals surface area contributed by atoms with Crippen LogP contribution in [0.15, 0.2) is 78.8 Å². The Hall–Kier alpha value is -2.75. The van der Waals surface area contributed by atoms with Gasteiger partial charge in [0.25, 0.3) is 0 Å². The molecular weight excluding hydrogens is 516 g/mol. The van der Waals surface area contributed by atoms with Gasteiger partial charge in [0.05, 0.1) is 11.5 Å². The molecule has 3 aromatic rings. The zero-order valence-corrected chi connectivity index (χ0v) is 17.6. The van der Waals surface area contributed by atoms with Crippen LogP contribution in [0.25, 0.3) is 22.5 Å². The van der Waals surface area contributed by atoms with Crippen LogP contribution in [0.2, 0.25) is 0 Å². The number of nitrogens with zero attached hydrogens (tertiary/aromatic N) is 2. The minimum atomic E-state index is -0.125. The molecule has 1 heterocycles. The van der Waals surface area contributed by atoms with Crippen molar-refractivity contribution in [3.63, 3.8) is 0 Å². The third kappa shape index (κ3) is 7.18. The normalized spacial score (nSPS) is 10.2. The summed E-state index contributed by atoms with van der Waals surface area (Å²) >= 11 is 0. The average Bonchev–Trinajstić information content (AvgIpc) is 2.62. The van der Waals surface area contributed by atoms with Gasteiger partial charge in [0.1, 0.15) is 6.33 Å². The number of carbonyl (C=O) groups is 1. The Labute approximate surface area is 173 Å². The molecule has 27 heavy (non-hydrogen) atoms. The van der Waals surface area contributed by atoms with Gasteiger partial charge in [0, 0.05) is 37.4 Å². The molecule has 141 valence electrons. The summed E-state index contributed by atoms with van der Waals surface area (Å²) in [5.74, 6) is -0.0625. The van der Waals surface area contributed by atoms with Gasteiger partial charge in [-0.1, -0.05) is 36.4 Å². The van der Waals surface area contributed by atoms with Crippen LogP contribution in [0, 0.1) is 6.92 Å². The fraction of sp³-hybridized carbons (Fsp3) is 0.0909. The summed E-state index contributed by atoms with van der Waals surface area (Å²) in [6.45, 7) is 6.89. The zero-order valence-electron chi connectivity index (χ0n) is 15.2. The van der Waals surface area contributed by atoms with Crippen LogP contribution in [0.1, 0.15) is 19.4 Å². The summed E-state index contributed by atoms with van der Waals surface area (Å²) in [5.41, 5.74) is 4.93. The Morgan fingerprint density at radius 1 is 0.963 bits per heavy atom. The van der Waals surface area contributed by atoms with Crippen molar-refractivity contribution < 1.29 is 30.0 Å². The molecule has 3 rings (SSSR count). The van der Waals surface area contributed by atoms with Crippen molar-refractivity contribution in [2.45, 2.75) is 13.8 Å². The third-order valence-corrected chi connectivity index (χ3v) is 3.44. The number of allylic oxidation sites excluding steroid dienone is 2. The first kappa shape index (κ1) is 22.3. The van der Waals surface area contributed by atoms with Gasteiger partial charge in [0.15, 0.2) is 5.78 Å². The van der Waals surface area contributed by atoms with Crippen molar-refractivity contribution >= 4 is 5.78 Å². The molecule has 0 unspecified atom stereocenters. The van der Waals surface area contributed by atoms with Crippen LogP contribution < -0.4 is 0 Å². The van der Waals surface area contributed by atoms with Gasteiger partial charge in [-0.05, 0) is 19.9 Å². The molecule has 4 nitrogen and oxygen atoms in total. The van der Waals surface area contributed by atoms with Crippen LogP contribution in [0.5, 0.6) is 0 Å². The number of aromatic nitrogens is 2. The molecule has 0 saturated carbocycles. The topological polar surface area (TPSA) is 63.1 Å². The molecule has 0 spiro atoms. The number of hydrogen-bond donors (Lipinski definition) is 1. The number of hydrogen-bond acceptors (Lipinski definition) is 4. The van der Waals surface area contributed by atoms with Crippen LogP contribution in [-0.2, 0) is 24.9 Å². The van der Waals surface area contributed by atoms with E-state index >= 15 is 0 Å². The van der Waals surface area contributed by atoms with Gasteiger partial charge in [0.2, 0.25) is 0 Å². The van der Waals surface area contributed by atoms with E-state index in [1.807, 2.05) is 60.7 Å². The van der Waals surface area contributed by atoms with Gasteiger partial charge in [-0.25, -0.2) is 9.97 Å². The maximum atomic E-state index is 10.0. The van der Waals surface area contributed by atoms with Gasteiger partial charge in [-0.2, -0.15) is 18.6 Å². The Morgan fingerprint density at radius 3 is 2.11 bits per heavy atom. The number of rotatable bonds is 3. The first-order chi connectivity index (χ1) is 12.5. The Bertz CT molecular complexity index is 905. The second kappa shape index (κ2) is 11.1. The SMILES string of the molecule is CC(=O)/C=C(/C)O.[CH2-]c1ccccc1-c1cc(-c2ccccc2)ncn1.[Ir]. The fourth-order valence-corrected chi connectivity index (χ4v) is 2.34. The number of ketones is 1. The summed E-state index contributed by atoms with van der Waals surface area (Å²) in [4.78, 5) is 18.7. The van der Waals surface area contributed by atoms with Crippen molar-refractivity contribution in [2.75, 3.05) is 0 Å². The first-order valence-corrected chi connectivity index (χ1v) is 8.14. The molecule has 0 bridgehead atoms. The van der Waals surface area contributed by atoms with E-state index in [-0.39, 0.29) is 31.6 Å². The van der Waals surface area contributed by atoms with E-state index in [1.165, 1.54) is 19.9 Å². The van der Waals surface area contributed by atoms with E-state index in [0.717, 1.165) is 28.1 Å². The van der Waals surface area contributed by atoms with Crippen LogP contribution in [0.4, 0.5) is 0 Å². The maximum absolute atomic E-state index is 10.0. The summed E-state index contributed by atoms with van der Waals surface area (Å²) in [7, 11) is 0. The summed E-state index contributed by atoms with van der Waals surface area (Å²) < 4.78 is 0. The Kier molecular flexibility index (Phi) is 9.14. The Morgan fingerprint density at radius 2 is 1.56 bits per heavy atom. The van der Waals surface area contributed by atoms with E-state index in [4.69, 9.17) is 5.11 Å². The van der Waals surface area contributed by atoms with Crippen molar-refractivity contribution in [3.05, 3.63) is 91.3 Å². The maximum Gasteiger partial charge on any atom is 0.155 e. The molecule has 0 saturated heterocycles. The molecule has 1 aromatic heterocycles. The van der Waals surface area contributed by atoms with Crippen molar-refractivity contribution in [3.8, 4) is 22.5 Å². The predicted octanol–water partition coefficient (Wildman–Crippen LogP) is 5.03. The molecule has 0 fully saturated rings. The minimum absolute atomic E-state index is 0. The van der Waals surface area contributed by atoms with Gasteiger partial charge in [-0.15, -0.1) is 17.7 Å². The molecule has 0 atom stereocenters. The largest absolute Gasteiger partial charge is 0.512 e. The molecule has 2 aromatic carbocycles.